The first-order chi connectivity index (χ1) is 33.5. The molecule has 6 atom stereocenters. The SMILES string of the molecule is C=CCO[C@@]12Oc3ccc(O)cc3[C@H]3[C@H](CCCCO)[C@@H](CCCCO)C=C(C(=NOCc4ccc([N+](=O)[O-])cc4)C[C@@H]1N(Cc1cccc4ccccc14)C(=O)C=Cc1ccc([N+](=O)[O-])cc1)[C@H]32. The zero-order valence-electron chi connectivity index (χ0n) is 38.2. The standard InChI is InChI=1S/C54H56N4O11/c1-2-30-67-54-50(56(34-40-13-9-12-38-10-3-4-14-44(38)40)51(62)27-20-36-16-21-41(22-17-36)57(63)64)33-48(55-68-35-37-18-23-42(24-19-37)58(65)66)46-31-39(11-5-7-28-59)45(15-6-8-29-60)52(53(46)54)47-32-43(61)25-26-49(47)69-54/h2-4,9-10,12-14,16-27,31-32,39,45,50,52-53,59-61H,1,5-8,11,15,28-30,33-35H2/t39-,45+,50-,52+,53+,54+/m0/s1. The maximum absolute atomic E-state index is 15.4. The van der Waals surface area contributed by atoms with Crippen molar-refractivity contribution in [1.29, 1.82) is 0 Å². The van der Waals surface area contributed by atoms with Gasteiger partial charge in [0, 0.05) is 68.0 Å². The predicted molar refractivity (Wildman–Crippen MR) is 261 cm³/mol. The van der Waals surface area contributed by atoms with Gasteiger partial charge in [0.25, 0.3) is 11.4 Å². The number of nitro benzene ring substituents is 2. The van der Waals surface area contributed by atoms with E-state index >= 15 is 4.79 Å². The molecule has 15 nitrogen and oxygen atoms in total. The fraction of sp³-hybridized carbons (Fsp3) is 0.333. The number of benzene rings is 5. The molecule has 0 unspecified atom stereocenters. The molecule has 1 heterocycles. The van der Waals surface area contributed by atoms with E-state index in [1.165, 1.54) is 30.3 Å². The van der Waals surface area contributed by atoms with Gasteiger partial charge in [0.15, 0.2) is 0 Å². The molecule has 0 aromatic heterocycles. The molecule has 0 spiro atoms. The normalized spacial score (nSPS) is 22.0. The Labute approximate surface area is 399 Å². The molecule has 5 aromatic rings. The van der Waals surface area contributed by atoms with E-state index in [2.05, 4.69) is 12.7 Å². The summed E-state index contributed by atoms with van der Waals surface area (Å²) in [6, 6.07) is 29.9. The van der Waals surface area contributed by atoms with Crippen molar-refractivity contribution in [2.45, 2.75) is 75.8 Å². The molecule has 1 saturated carbocycles. The van der Waals surface area contributed by atoms with Gasteiger partial charge in [-0.25, -0.2) is 0 Å². The van der Waals surface area contributed by atoms with E-state index < -0.39 is 33.5 Å². The summed E-state index contributed by atoms with van der Waals surface area (Å²) < 4.78 is 14.4. The second-order valence-electron chi connectivity index (χ2n) is 17.8. The van der Waals surface area contributed by atoms with Crippen molar-refractivity contribution < 1.29 is 44.3 Å². The van der Waals surface area contributed by atoms with Crippen LogP contribution in [0.25, 0.3) is 16.8 Å². The zero-order chi connectivity index (χ0) is 48.5. The largest absolute Gasteiger partial charge is 0.508 e. The van der Waals surface area contributed by atoms with Crippen LogP contribution in [0.1, 0.15) is 73.1 Å². The number of non-ortho nitro benzene ring substituents is 2. The lowest BCUT2D eigenvalue weighted by Gasteiger charge is -2.60. The summed E-state index contributed by atoms with van der Waals surface area (Å²) in [6.45, 7) is 4.20. The molecule has 0 bridgehead atoms. The van der Waals surface area contributed by atoms with Gasteiger partial charge in [-0.05, 0) is 119 Å². The first-order valence-electron chi connectivity index (χ1n) is 23.4. The molecule has 0 radical (unpaired) electrons. The number of oxime groups is 1. The van der Waals surface area contributed by atoms with Crippen LogP contribution < -0.4 is 4.74 Å². The van der Waals surface area contributed by atoms with Crippen LogP contribution in [-0.2, 0) is 27.5 Å². The summed E-state index contributed by atoms with van der Waals surface area (Å²) in [5, 5.41) is 60.8. The van der Waals surface area contributed by atoms with Crippen molar-refractivity contribution in [3.8, 4) is 11.5 Å². The lowest BCUT2D eigenvalue weighted by atomic mass is 9.55. The third-order valence-corrected chi connectivity index (χ3v) is 13.6. The smallest absolute Gasteiger partial charge is 0.269 e. The first-order valence-corrected chi connectivity index (χ1v) is 23.4. The monoisotopic (exact) mass is 936 g/mol. The zero-order valence-corrected chi connectivity index (χ0v) is 38.2. The number of hydrogen-bond donors (Lipinski definition) is 3. The van der Waals surface area contributed by atoms with E-state index in [9.17, 15) is 35.5 Å². The van der Waals surface area contributed by atoms with Crippen molar-refractivity contribution in [3.05, 3.63) is 182 Å². The molecule has 1 fully saturated rings. The first kappa shape index (κ1) is 48.3. The van der Waals surface area contributed by atoms with E-state index in [4.69, 9.17) is 19.5 Å². The molecule has 0 saturated heterocycles. The number of phenols is 1. The molecule has 1 amide bonds. The number of carbonyl (C=O) groups excluding carboxylic acids is 1. The van der Waals surface area contributed by atoms with Gasteiger partial charge < -0.3 is 34.5 Å². The van der Waals surface area contributed by atoms with Crippen molar-refractivity contribution in [3.63, 3.8) is 0 Å². The lowest BCUT2D eigenvalue weighted by Crippen LogP contribution is -2.70. The lowest BCUT2D eigenvalue weighted by molar-refractivity contribution is -0.385. The highest BCUT2D eigenvalue weighted by Crippen LogP contribution is 2.62. The number of hydrogen-bond acceptors (Lipinski definition) is 12. The molecule has 3 N–H and O–H groups in total. The van der Waals surface area contributed by atoms with Crippen LogP contribution in [0.15, 0.2) is 145 Å². The van der Waals surface area contributed by atoms with Crippen molar-refractivity contribution in [1.82, 2.24) is 4.90 Å². The Balaban J connectivity index is 1.34. The van der Waals surface area contributed by atoms with Gasteiger partial charge in [-0.1, -0.05) is 72.6 Å². The number of unbranched alkanes of at least 4 members (excludes halogenated alkanes) is 2. The number of ether oxygens (including phenoxy) is 2. The second-order valence-corrected chi connectivity index (χ2v) is 17.8. The summed E-state index contributed by atoms with van der Waals surface area (Å²) in [5.74, 6) is -2.62. The van der Waals surface area contributed by atoms with E-state index in [1.807, 2.05) is 42.5 Å². The summed E-state index contributed by atoms with van der Waals surface area (Å²) in [6.07, 6.45) is 11.1. The van der Waals surface area contributed by atoms with Gasteiger partial charge in [-0.2, -0.15) is 0 Å². The number of rotatable bonds is 21. The predicted octanol–water partition coefficient (Wildman–Crippen LogP) is 9.94. The Morgan fingerprint density at radius 3 is 2.29 bits per heavy atom. The summed E-state index contributed by atoms with van der Waals surface area (Å²) in [7, 11) is 0. The average molecular weight is 937 g/mol. The Hall–Kier alpha value is -7.20. The average Bonchev–Trinajstić information content (AvgIpc) is 3.36. The molecule has 69 heavy (non-hydrogen) atoms. The van der Waals surface area contributed by atoms with Gasteiger partial charge in [0.1, 0.15) is 24.1 Å². The summed E-state index contributed by atoms with van der Waals surface area (Å²) in [5.41, 5.74) is 4.03. The number of aromatic hydroxyl groups is 1. The number of aliphatic hydroxyl groups excluding tert-OH is 2. The second kappa shape index (κ2) is 21.8. The third-order valence-electron chi connectivity index (χ3n) is 13.6. The van der Waals surface area contributed by atoms with E-state index in [0.717, 1.165) is 40.3 Å². The van der Waals surface area contributed by atoms with Crippen molar-refractivity contribution in [2.75, 3.05) is 19.8 Å². The van der Waals surface area contributed by atoms with Crippen LogP contribution >= 0.6 is 0 Å². The highest BCUT2D eigenvalue weighted by Gasteiger charge is 2.65. The highest BCUT2D eigenvalue weighted by atomic mass is 16.7. The van der Waals surface area contributed by atoms with E-state index in [1.54, 1.807) is 59.5 Å². The highest BCUT2D eigenvalue weighted by molar-refractivity contribution is 6.03. The number of fused-ring (bicyclic) bond motifs is 3. The van der Waals surface area contributed by atoms with Gasteiger partial charge >= 0.3 is 0 Å². The maximum atomic E-state index is 15.4. The topological polar surface area (TPSA) is 207 Å². The fourth-order valence-corrected chi connectivity index (χ4v) is 10.5. The maximum Gasteiger partial charge on any atom is 0.269 e. The van der Waals surface area contributed by atoms with Gasteiger partial charge in [-0.3, -0.25) is 25.0 Å². The molecular formula is C54H56N4O11. The molecule has 15 heteroatoms. The van der Waals surface area contributed by atoms with Crippen molar-refractivity contribution >= 4 is 39.8 Å². The van der Waals surface area contributed by atoms with Gasteiger partial charge in [0.2, 0.25) is 11.7 Å². The Morgan fingerprint density at radius 2 is 1.58 bits per heavy atom. The van der Waals surface area contributed by atoms with Crippen LogP contribution in [0.4, 0.5) is 11.4 Å². The minimum absolute atomic E-state index is 0.0147. The fourth-order valence-electron chi connectivity index (χ4n) is 10.5. The molecule has 3 aliphatic rings. The Kier molecular flexibility index (Phi) is 15.3. The number of carbonyl (C=O) groups is 1. The number of nitro groups is 2. The number of amides is 1. The minimum atomic E-state index is -1.60. The molecular weight excluding hydrogens is 881 g/mol. The molecule has 1 aliphatic heterocycles. The quantitative estimate of drug-likeness (QED) is 0.0207. The van der Waals surface area contributed by atoms with E-state index in [-0.39, 0.29) is 74.3 Å². The molecule has 358 valence electrons. The molecule has 2 aliphatic carbocycles. The Bertz CT molecular complexity index is 2750. The van der Waals surface area contributed by atoms with Crippen LogP contribution in [0.5, 0.6) is 11.5 Å². The van der Waals surface area contributed by atoms with Crippen LogP contribution in [0.3, 0.4) is 0 Å². The number of nitrogens with zero attached hydrogens (tertiary/aromatic N) is 4. The third kappa shape index (κ3) is 10.5. The summed E-state index contributed by atoms with van der Waals surface area (Å²) >= 11 is 0. The molecule has 5 aromatic carbocycles. The van der Waals surface area contributed by atoms with Crippen molar-refractivity contribution in [2.24, 2.45) is 22.9 Å². The van der Waals surface area contributed by atoms with Crippen LogP contribution in [-0.4, -0.2) is 73.3 Å². The molecule has 8 rings (SSSR count). The number of aliphatic hydroxyl groups is 2. The Morgan fingerprint density at radius 1 is 0.884 bits per heavy atom. The number of phenolic OH excluding ortho intramolecular Hbond substituents is 1. The van der Waals surface area contributed by atoms with E-state index in [0.29, 0.717) is 48.3 Å². The van der Waals surface area contributed by atoms with Crippen LogP contribution in [0.2, 0.25) is 0 Å². The minimum Gasteiger partial charge on any atom is -0.508 e. The number of allylic oxidation sites excluding steroid dienone is 1. The summed E-state index contributed by atoms with van der Waals surface area (Å²) in [4.78, 5) is 45.3. The van der Waals surface area contributed by atoms with Gasteiger partial charge in [-0.15, -0.1) is 6.58 Å². The van der Waals surface area contributed by atoms with Crippen LogP contribution in [0, 0.1) is 38.0 Å². The van der Waals surface area contributed by atoms with Gasteiger partial charge in [0.05, 0.1) is 28.1 Å².